The van der Waals surface area contributed by atoms with E-state index in [1.807, 2.05) is 49.4 Å². The molecule has 2 aromatic carbocycles. The molecule has 8 nitrogen and oxygen atoms in total. The zero-order valence-corrected chi connectivity index (χ0v) is 21.2. The summed E-state index contributed by atoms with van der Waals surface area (Å²) in [6.07, 6.45) is 0.295. The first-order chi connectivity index (χ1) is 16.9. The second-order valence-electron chi connectivity index (χ2n) is 9.46. The van der Waals surface area contributed by atoms with Crippen LogP contribution in [0.5, 0.6) is 0 Å². The number of likely N-dealkylation sites (tertiary alicyclic amines) is 1. The number of carbonyl (C=O) groups is 3. The van der Waals surface area contributed by atoms with Crippen molar-refractivity contribution < 1.29 is 29.0 Å². The highest BCUT2D eigenvalue weighted by molar-refractivity contribution is 9.09. The van der Waals surface area contributed by atoms with Gasteiger partial charge in [0, 0.05) is 10.5 Å². The van der Waals surface area contributed by atoms with E-state index in [4.69, 9.17) is 9.47 Å². The molecule has 1 spiro atoms. The number of fused-ring (bicyclic) bond motifs is 2. The lowest BCUT2D eigenvalue weighted by Gasteiger charge is -2.36. The van der Waals surface area contributed by atoms with Crippen molar-refractivity contribution in [1.29, 1.82) is 0 Å². The highest BCUT2D eigenvalue weighted by Crippen LogP contribution is 2.60. The molecule has 35 heavy (non-hydrogen) atoms. The largest absolute Gasteiger partial charge is 0.466 e. The molecule has 2 bridgehead atoms. The Hall–Kier alpha value is -2.49. The lowest BCUT2D eigenvalue weighted by Crippen LogP contribution is -2.56. The zero-order valence-electron chi connectivity index (χ0n) is 19.6. The third-order valence-corrected chi connectivity index (χ3v) is 8.47. The monoisotopic (exact) mass is 544 g/mol. The molecular weight excluding hydrogens is 516 g/mol. The van der Waals surface area contributed by atoms with Crippen molar-refractivity contribution in [2.75, 3.05) is 18.5 Å². The molecule has 9 heteroatoms. The number of hydrogen-bond acceptors (Lipinski definition) is 6. The molecule has 5 rings (SSSR count). The maximum absolute atomic E-state index is 13.9. The third-order valence-electron chi connectivity index (χ3n) is 7.63. The number of ether oxygens (including phenoxy) is 2. The zero-order chi connectivity index (χ0) is 24.9. The van der Waals surface area contributed by atoms with Gasteiger partial charge in [-0.1, -0.05) is 53.2 Å². The number of aliphatic hydroxyl groups is 1. The summed E-state index contributed by atoms with van der Waals surface area (Å²) in [5, 5.41) is 15.1. The van der Waals surface area contributed by atoms with Crippen LogP contribution in [0.25, 0.3) is 10.8 Å². The van der Waals surface area contributed by atoms with E-state index in [1.165, 1.54) is 4.90 Å². The number of nitrogens with one attached hydrogen (secondary N) is 1. The van der Waals surface area contributed by atoms with Gasteiger partial charge < -0.3 is 24.8 Å². The fraction of sp³-hybridized carbons (Fsp3) is 0.500. The van der Waals surface area contributed by atoms with E-state index in [-0.39, 0.29) is 23.9 Å². The number of nitrogens with zero attached hydrogens (tertiary/aromatic N) is 1. The van der Waals surface area contributed by atoms with Gasteiger partial charge in [-0.15, -0.1) is 0 Å². The minimum atomic E-state index is -1.18. The number of aliphatic hydroxyl groups excluding tert-OH is 1. The van der Waals surface area contributed by atoms with Gasteiger partial charge in [0.25, 0.3) is 0 Å². The molecule has 2 aromatic rings. The average molecular weight is 545 g/mol. The molecule has 0 radical (unpaired) electrons. The number of hydrogen-bond donors (Lipinski definition) is 2. The van der Waals surface area contributed by atoms with E-state index >= 15 is 0 Å². The summed E-state index contributed by atoms with van der Waals surface area (Å²) in [7, 11) is 0. The summed E-state index contributed by atoms with van der Waals surface area (Å²) >= 11 is 3.62. The van der Waals surface area contributed by atoms with Crippen molar-refractivity contribution in [3.05, 3.63) is 42.5 Å². The molecule has 186 valence electrons. The third kappa shape index (κ3) is 3.67. The number of alkyl halides is 1. The lowest BCUT2D eigenvalue weighted by atomic mass is 9.70. The number of esters is 1. The van der Waals surface area contributed by atoms with Gasteiger partial charge in [0.05, 0.1) is 37.2 Å². The van der Waals surface area contributed by atoms with E-state index < -0.39 is 47.5 Å². The Balaban J connectivity index is 1.54. The summed E-state index contributed by atoms with van der Waals surface area (Å²) in [5.41, 5.74) is -0.584. The standard InChI is InChI=1S/C26H29BrN2O6/c1-3-17(13-30)29-22(23(31)28-16-10-9-14-7-5-6-8-15(14)11-16)26-12-18(27)21(35-26)19(20(26)24(29)32)25(33)34-4-2/h5-11,17-22,30H,3-4,12-13H2,1-2H3,(H,28,31)/t17-,18?,19-,20+,21-,22-,26+/m0/s1. The molecule has 1 unspecified atom stereocenters. The maximum atomic E-state index is 13.9. The summed E-state index contributed by atoms with van der Waals surface area (Å²) in [6.45, 7) is 3.46. The van der Waals surface area contributed by atoms with E-state index in [9.17, 15) is 19.5 Å². The fourth-order valence-corrected chi connectivity index (χ4v) is 7.10. The molecule has 3 fully saturated rings. The van der Waals surface area contributed by atoms with Crippen molar-refractivity contribution in [3.8, 4) is 0 Å². The van der Waals surface area contributed by atoms with E-state index in [0.29, 0.717) is 18.5 Å². The van der Waals surface area contributed by atoms with Crippen LogP contribution < -0.4 is 5.32 Å². The predicted molar refractivity (Wildman–Crippen MR) is 133 cm³/mol. The molecule has 0 aromatic heterocycles. The van der Waals surface area contributed by atoms with Gasteiger partial charge in [-0.2, -0.15) is 0 Å². The molecule has 3 aliphatic heterocycles. The summed E-state index contributed by atoms with van der Waals surface area (Å²) < 4.78 is 11.7. The summed E-state index contributed by atoms with van der Waals surface area (Å²) in [5.74, 6) is -2.88. The van der Waals surface area contributed by atoms with Crippen LogP contribution in [0, 0.1) is 11.8 Å². The van der Waals surface area contributed by atoms with Crippen LogP contribution in [0.2, 0.25) is 0 Å². The van der Waals surface area contributed by atoms with Crippen LogP contribution in [0.1, 0.15) is 26.7 Å². The fourth-order valence-electron chi connectivity index (χ4n) is 6.16. The second kappa shape index (κ2) is 9.19. The number of amides is 2. The van der Waals surface area contributed by atoms with Gasteiger partial charge in [-0.3, -0.25) is 14.4 Å². The first kappa shape index (κ1) is 24.2. The number of carbonyl (C=O) groups excluding carboxylic acids is 3. The van der Waals surface area contributed by atoms with E-state index in [1.54, 1.807) is 6.92 Å². The molecule has 0 aliphatic carbocycles. The quantitative estimate of drug-likeness (QED) is 0.410. The van der Waals surface area contributed by atoms with Crippen LogP contribution in [-0.4, -0.2) is 69.6 Å². The molecule has 2 N–H and O–H groups in total. The topological polar surface area (TPSA) is 105 Å². The molecule has 3 saturated heterocycles. The van der Waals surface area contributed by atoms with Crippen LogP contribution in [0.4, 0.5) is 5.69 Å². The highest BCUT2D eigenvalue weighted by Gasteiger charge is 2.77. The number of halogens is 1. The Bertz CT molecular complexity index is 1170. The predicted octanol–water partition coefficient (Wildman–Crippen LogP) is 2.86. The van der Waals surface area contributed by atoms with Crippen LogP contribution in [0.3, 0.4) is 0 Å². The molecule has 2 amide bonds. The summed E-state index contributed by atoms with van der Waals surface area (Å²) in [4.78, 5) is 41.9. The second-order valence-corrected chi connectivity index (χ2v) is 10.6. The Morgan fingerprint density at radius 1 is 1.26 bits per heavy atom. The number of benzene rings is 2. The van der Waals surface area contributed by atoms with E-state index in [0.717, 1.165) is 10.8 Å². The van der Waals surface area contributed by atoms with Gasteiger partial charge in [-0.25, -0.2) is 0 Å². The minimum absolute atomic E-state index is 0.187. The summed E-state index contributed by atoms with van der Waals surface area (Å²) in [6, 6.07) is 11.9. The van der Waals surface area contributed by atoms with Crippen molar-refractivity contribution in [2.45, 2.75) is 55.3 Å². The van der Waals surface area contributed by atoms with Crippen LogP contribution >= 0.6 is 15.9 Å². The minimum Gasteiger partial charge on any atom is -0.466 e. The van der Waals surface area contributed by atoms with Gasteiger partial charge in [-0.05, 0) is 42.7 Å². The van der Waals surface area contributed by atoms with Crippen molar-refractivity contribution in [1.82, 2.24) is 4.90 Å². The van der Waals surface area contributed by atoms with Crippen molar-refractivity contribution in [3.63, 3.8) is 0 Å². The van der Waals surface area contributed by atoms with Crippen LogP contribution in [0.15, 0.2) is 42.5 Å². The van der Waals surface area contributed by atoms with Crippen LogP contribution in [-0.2, 0) is 23.9 Å². The first-order valence-corrected chi connectivity index (χ1v) is 13.0. The van der Waals surface area contributed by atoms with Gasteiger partial charge in [0.2, 0.25) is 11.8 Å². The van der Waals surface area contributed by atoms with Crippen molar-refractivity contribution >= 4 is 50.2 Å². The molecule has 0 saturated carbocycles. The maximum Gasteiger partial charge on any atom is 0.312 e. The molecule has 3 aliphatic rings. The SMILES string of the molecule is CCOC(=O)[C@@H]1[C@H]2O[C@@]3(CC2Br)[C@H](C(=O)Nc2ccc4ccccc4c2)N([C@@H](CC)CO)C(=O)[C@@H]13. The Morgan fingerprint density at radius 2 is 2.00 bits per heavy atom. The number of anilines is 1. The molecule has 3 heterocycles. The highest BCUT2D eigenvalue weighted by atomic mass is 79.9. The molecule has 7 atom stereocenters. The number of rotatable bonds is 7. The normalized spacial score (nSPS) is 32.1. The van der Waals surface area contributed by atoms with E-state index in [2.05, 4.69) is 21.2 Å². The van der Waals surface area contributed by atoms with Gasteiger partial charge in [0.15, 0.2) is 0 Å². The smallest absolute Gasteiger partial charge is 0.312 e. The van der Waals surface area contributed by atoms with Crippen molar-refractivity contribution in [2.24, 2.45) is 11.8 Å². The first-order valence-electron chi connectivity index (χ1n) is 12.1. The van der Waals surface area contributed by atoms with Gasteiger partial charge in [0.1, 0.15) is 11.6 Å². The lowest BCUT2D eigenvalue weighted by molar-refractivity contribution is -0.155. The Morgan fingerprint density at radius 3 is 2.69 bits per heavy atom. The van der Waals surface area contributed by atoms with Gasteiger partial charge >= 0.3 is 5.97 Å². The average Bonchev–Trinajstić information content (AvgIpc) is 3.44. The molecular formula is C26H29BrN2O6. The Labute approximate surface area is 212 Å². The Kier molecular flexibility index (Phi) is 6.35.